The molecule has 1 amide bonds. The third-order valence-electron chi connectivity index (χ3n) is 5.38. The minimum absolute atomic E-state index is 0.278. The maximum absolute atomic E-state index is 11.9. The van der Waals surface area contributed by atoms with Crippen molar-refractivity contribution in [2.45, 2.75) is 32.1 Å². The number of benzene rings is 1. The van der Waals surface area contributed by atoms with Crippen molar-refractivity contribution in [3.05, 3.63) is 42.4 Å². The molecule has 0 saturated carbocycles. The van der Waals surface area contributed by atoms with Crippen molar-refractivity contribution >= 4 is 11.6 Å². The minimum atomic E-state index is 0.278. The third kappa shape index (κ3) is 5.44. The quantitative estimate of drug-likeness (QED) is 0.717. The van der Waals surface area contributed by atoms with Crippen LogP contribution in [-0.4, -0.2) is 60.2 Å². The Morgan fingerprint density at radius 3 is 2.66 bits per heavy atom. The summed E-state index contributed by atoms with van der Waals surface area (Å²) in [5.41, 5.74) is 2.06. The smallest absolute Gasteiger partial charge is 0.238 e. The van der Waals surface area contributed by atoms with Crippen LogP contribution >= 0.6 is 0 Å². The summed E-state index contributed by atoms with van der Waals surface area (Å²) in [5, 5.41) is 0. The third-order valence-corrected chi connectivity index (χ3v) is 5.38. The van der Waals surface area contributed by atoms with E-state index < -0.39 is 0 Å². The molecule has 2 aliphatic rings. The lowest BCUT2D eigenvalue weighted by Gasteiger charge is -2.28. The summed E-state index contributed by atoms with van der Waals surface area (Å²) >= 11 is 0. The molecule has 0 bridgehead atoms. The summed E-state index contributed by atoms with van der Waals surface area (Å²) in [6, 6.07) is 8.04. The van der Waals surface area contributed by atoms with Crippen molar-refractivity contribution in [2.24, 2.45) is 0 Å². The lowest BCUT2D eigenvalue weighted by molar-refractivity contribution is -0.133. The van der Waals surface area contributed by atoms with Gasteiger partial charge in [0.1, 0.15) is 5.75 Å². The van der Waals surface area contributed by atoms with Gasteiger partial charge in [-0.2, -0.15) is 0 Å². The number of ether oxygens (including phenoxy) is 2. The van der Waals surface area contributed by atoms with Crippen LogP contribution < -0.4 is 9.64 Å². The van der Waals surface area contributed by atoms with Gasteiger partial charge in [0.25, 0.3) is 0 Å². The topological polar surface area (TPSA) is 67.8 Å². The Morgan fingerprint density at radius 1 is 1.03 bits per heavy atom. The first-order chi connectivity index (χ1) is 14.3. The Labute approximate surface area is 171 Å². The van der Waals surface area contributed by atoms with Crippen LogP contribution in [0.25, 0.3) is 0 Å². The van der Waals surface area contributed by atoms with Crippen LogP contribution in [0.4, 0.5) is 5.69 Å². The van der Waals surface area contributed by atoms with Crippen LogP contribution in [0.15, 0.2) is 36.7 Å². The molecular formula is C22H28N4O3. The van der Waals surface area contributed by atoms with Gasteiger partial charge < -0.3 is 19.3 Å². The van der Waals surface area contributed by atoms with Gasteiger partial charge in [0.05, 0.1) is 25.1 Å². The summed E-state index contributed by atoms with van der Waals surface area (Å²) in [5.74, 6) is 1.52. The Bertz CT molecular complexity index is 806. The molecule has 0 spiro atoms. The minimum Gasteiger partial charge on any atom is -0.437 e. The summed E-state index contributed by atoms with van der Waals surface area (Å²) < 4.78 is 11.3. The van der Waals surface area contributed by atoms with E-state index in [9.17, 15) is 4.79 Å². The van der Waals surface area contributed by atoms with Gasteiger partial charge in [0.15, 0.2) is 0 Å². The molecular weight excluding hydrogens is 368 g/mol. The van der Waals surface area contributed by atoms with Gasteiger partial charge in [-0.1, -0.05) is 0 Å². The highest BCUT2D eigenvalue weighted by molar-refractivity contribution is 5.76. The van der Waals surface area contributed by atoms with Crippen molar-refractivity contribution in [2.75, 3.05) is 44.3 Å². The van der Waals surface area contributed by atoms with Crippen molar-refractivity contribution in [3.63, 3.8) is 0 Å². The van der Waals surface area contributed by atoms with E-state index in [2.05, 4.69) is 27.0 Å². The van der Waals surface area contributed by atoms with Gasteiger partial charge in [0.2, 0.25) is 11.8 Å². The molecule has 0 unspecified atom stereocenters. The molecule has 2 aromatic rings. The number of amides is 1. The molecule has 4 rings (SSSR count). The standard InChI is InChI=1S/C22H28N4O3/c27-22-5-1-2-10-26(22)11-3-4-18-16-23-17-21(24-18)29-20-8-6-19(7-9-20)25-12-14-28-15-13-25/h6-9,16-17H,1-5,10-15H2. The van der Waals surface area contributed by atoms with Crippen LogP contribution in [0.3, 0.4) is 0 Å². The molecule has 0 atom stereocenters. The maximum Gasteiger partial charge on any atom is 0.238 e. The SMILES string of the molecule is O=C1CCCCN1CCCc1cncc(Oc2ccc(N3CCOCC3)cc2)n1. The van der Waals surface area contributed by atoms with E-state index in [1.165, 1.54) is 5.69 Å². The summed E-state index contributed by atoms with van der Waals surface area (Å²) in [7, 11) is 0. The van der Waals surface area contributed by atoms with Gasteiger partial charge in [-0.3, -0.25) is 9.78 Å². The number of anilines is 1. The van der Waals surface area contributed by atoms with Crippen molar-refractivity contribution in [1.82, 2.24) is 14.9 Å². The first-order valence-electron chi connectivity index (χ1n) is 10.5. The summed E-state index contributed by atoms with van der Waals surface area (Å²) in [6.45, 7) is 5.04. The van der Waals surface area contributed by atoms with Gasteiger partial charge in [-0.25, -0.2) is 4.98 Å². The average Bonchev–Trinajstić information content (AvgIpc) is 2.77. The van der Waals surface area contributed by atoms with Crippen LogP contribution in [-0.2, 0) is 16.0 Å². The zero-order chi connectivity index (χ0) is 19.9. The fourth-order valence-electron chi connectivity index (χ4n) is 3.77. The van der Waals surface area contributed by atoms with E-state index in [0.717, 1.165) is 76.5 Å². The summed E-state index contributed by atoms with van der Waals surface area (Å²) in [6.07, 6.45) is 7.89. The largest absolute Gasteiger partial charge is 0.437 e. The van der Waals surface area contributed by atoms with Crippen LogP contribution in [0.5, 0.6) is 11.6 Å². The van der Waals surface area contributed by atoms with Crippen LogP contribution in [0.1, 0.15) is 31.4 Å². The molecule has 0 N–H and O–H groups in total. The second-order valence-corrected chi connectivity index (χ2v) is 7.49. The second kappa shape index (κ2) is 9.69. The average molecular weight is 396 g/mol. The molecule has 0 aliphatic carbocycles. The predicted octanol–water partition coefficient (Wildman–Crippen LogP) is 3.05. The number of hydrogen-bond acceptors (Lipinski definition) is 6. The molecule has 3 heterocycles. The Balaban J connectivity index is 1.29. The number of carbonyl (C=O) groups excluding carboxylic acids is 1. The van der Waals surface area contributed by atoms with E-state index in [4.69, 9.17) is 9.47 Å². The van der Waals surface area contributed by atoms with E-state index in [-0.39, 0.29) is 5.91 Å². The number of likely N-dealkylation sites (tertiary alicyclic amines) is 1. The number of carbonyl (C=O) groups is 1. The van der Waals surface area contributed by atoms with Crippen molar-refractivity contribution in [1.29, 1.82) is 0 Å². The van der Waals surface area contributed by atoms with Crippen LogP contribution in [0.2, 0.25) is 0 Å². The molecule has 2 aliphatic heterocycles. The number of piperidine rings is 1. The van der Waals surface area contributed by atoms with E-state index in [1.807, 2.05) is 17.0 Å². The molecule has 29 heavy (non-hydrogen) atoms. The number of rotatable bonds is 7. The normalized spacial score (nSPS) is 17.4. The Morgan fingerprint density at radius 2 is 1.86 bits per heavy atom. The van der Waals surface area contributed by atoms with Gasteiger partial charge >= 0.3 is 0 Å². The van der Waals surface area contributed by atoms with Crippen LogP contribution in [0, 0.1) is 0 Å². The van der Waals surface area contributed by atoms with Crippen molar-refractivity contribution < 1.29 is 14.3 Å². The molecule has 1 aromatic carbocycles. The number of aryl methyl sites for hydroxylation is 1. The molecule has 154 valence electrons. The predicted molar refractivity (Wildman–Crippen MR) is 110 cm³/mol. The first kappa shape index (κ1) is 19.6. The second-order valence-electron chi connectivity index (χ2n) is 7.49. The molecule has 1 aromatic heterocycles. The molecule has 2 fully saturated rings. The number of aromatic nitrogens is 2. The first-order valence-corrected chi connectivity index (χ1v) is 10.5. The Kier molecular flexibility index (Phi) is 6.56. The van der Waals surface area contributed by atoms with Gasteiger partial charge in [-0.15, -0.1) is 0 Å². The zero-order valence-electron chi connectivity index (χ0n) is 16.8. The van der Waals surface area contributed by atoms with E-state index in [1.54, 1.807) is 12.4 Å². The fraction of sp³-hybridized carbons (Fsp3) is 0.500. The number of hydrogen-bond donors (Lipinski definition) is 0. The molecule has 7 nitrogen and oxygen atoms in total. The van der Waals surface area contributed by atoms with Gasteiger partial charge in [-0.05, 0) is 49.9 Å². The van der Waals surface area contributed by atoms with Crippen molar-refractivity contribution in [3.8, 4) is 11.6 Å². The highest BCUT2D eigenvalue weighted by Gasteiger charge is 2.17. The lowest BCUT2D eigenvalue weighted by Crippen LogP contribution is -2.36. The lowest BCUT2D eigenvalue weighted by atomic mass is 10.1. The molecule has 7 heteroatoms. The fourth-order valence-corrected chi connectivity index (χ4v) is 3.77. The number of morpholine rings is 1. The highest BCUT2D eigenvalue weighted by atomic mass is 16.5. The molecule has 2 saturated heterocycles. The monoisotopic (exact) mass is 396 g/mol. The highest BCUT2D eigenvalue weighted by Crippen LogP contribution is 2.24. The molecule has 0 radical (unpaired) electrons. The summed E-state index contributed by atoms with van der Waals surface area (Å²) in [4.78, 5) is 25.0. The van der Waals surface area contributed by atoms with Gasteiger partial charge in [0, 0.05) is 44.5 Å². The zero-order valence-corrected chi connectivity index (χ0v) is 16.8. The van der Waals surface area contributed by atoms with E-state index in [0.29, 0.717) is 12.3 Å². The number of nitrogens with zero attached hydrogens (tertiary/aromatic N) is 4. The Hall–Kier alpha value is -2.67. The van der Waals surface area contributed by atoms with E-state index >= 15 is 0 Å². The maximum atomic E-state index is 11.9.